The van der Waals surface area contributed by atoms with E-state index in [4.69, 9.17) is 21.1 Å². The summed E-state index contributed by atoms with van der Waals surface area (Å²) in [5, 5.41) is 12.9. The van der Waals surface area contributed by atoms with Gasteiger partial charge in [0.1, 0.15) is 29.7 Å². The van der Waals surface area contributed by atoms with Gasteiger partial charge in [-0.1, -0.05) is 53.2 Å². The number of halogens is 1. The van der Waals surface area contributed by atoms with Crippen LogP contribution in [0, 0.1) is 6.92 Å². The van der Waals surface area contributed by atoms with E-state index in [2.05, 4.69) is 27.5 Å². The van der Waals surface area contributed by atoms with Gasteiger partial charge in [-0.25, -0.2) is 4.98 Å². The second-order valence-corrected chi connectivity index (χ2v) is 9.09. The lowest BCUT2D eigenvalue weighted by atomic mass is 10.2. The van der Waals surface area contributed by atoms with E-state index < -0.39 is 0 Å². The van der Waals surface area contributed by atoms with E-state index in [1.165, 1.54) is 5.56 Å². The smallest absolute Gasteiger partial charge is 0.191 e. The zero-order valence-corrected chi connectivity index (χ0v) is 19.5. The minimum Gasteiger partial charge on any atom is -0.486 e. The molecule has 0 amide bonds. The van der Waals surface area contributed by atoms with Crippen LogP contribution in [0.5, 0.6) is 11.5 Å². The van der Waals surface area contributed by atoms with Gasteiger partial charge in [-0.2, -0.15) is 0 Å². The van der Waals surface area contributed by atoms with E-state index in [0.717, 1.165) is 27.4 Å². The van der Waals surface area contributed by atoms with Crippen LogP contribution in [0.1, 0.15) is 22.1 Å². The molecule has 6 nitrogen and oxygen atoms in total. The number of thioether (sulfide) groups is 1. The summed E-state index contributed by atoms with van der Waals surface area (Å²) >= 11 is 9.32. The first-order chi connectivity index (χ1) is 15.1. The van der Waals surface area contributed by atoms with Crippen LogP contribution in [0.4, 0.5) is 0 Å². The SMILES string of the molecule is Cc1ccc(OCc2nc(CSc3nnc(COc4ccccc4Cl)n3C)cs2)cc1. The van der Waals surface area contributed by atoms with Crippen molar-refractivity contribution < 1.29 is 9.47 Å². The highest BCUT2D eigenvalue weighted by Crippen LogP contribution is 2.26. The molecule has 160 valence electrons. The molecule has 2 heterocycles. The number of aryl methyl sites for hydroxylation is 1. The van der Waals surface area contributed by atoms with Gasteiger partial charge in [-0.05, 0) is 31.2 Å². The highest BCUT2D eigenvalue weighted by atomic mass is 35.5. The molecule has 0 spiro atoms. The van der Waals surface area contributed by atoms with E-state index in [1.54, 1.807) is 29.2 Å². The van der Waals surface area contributed by atoms with E-state index in [1.807, 2.05) is 54.1 Å². The highest BCUT2D eigenvalue weighted by molar-refractivity contribution is 7.98. The van der Waals surface area contributed by atoms with E-state index in [0.29, 0.717) is 29.7 Å². The molecule has 0 saturated carbocycles. The lowest BCUT2D eigenvalue weighted by molar-refractivity contribution is 0.290. The van der Waals surface area contributed by atoms with E-state index >= 15 is 0 Å². The van der Waals surface area contributed by atoms with Crippen LogP contribution in [0.25, 0.3) is 0 Å². The summed E-state index contributed by atoms with van der Waals surface area (Å²) < 4.78 is 13.5. The van der Waals surface area contributed by atoms with Crippen LogP contribution in [0.3, 0.4) is 0 Å². The van der Waals surface area contributed by atoms with Crippen LogP contribution in [-0.4, -0.2) is 19.7 Å². The fourth-order valence-electron chi connectivity index (χ4n) is 2.70. The Morgan fingerprint density at radius 2 is 1.84 bits per heavy atom. The lowest BCUT2D eigenvalue weighted by Gasteiger charge is -2.07. The molecule has 4 rings (SSSR count). The number of hydrogen-bond acceptors (Lipinski definition) is 7. The van der Waals surface area contributed by atoms with Crippen molar-refractivity contribution in [2.24, 2.45) is 7.05 Å². The Bertz CT molecular complexity index is 1140. The standard InChI is InChI=1S/C22H21ClN4O2S2/c1-15-7-9-17(10-8-15)28-12-21-24-16(13-30-21)14-31-22-26-25-20(27(22)2)11-29-19-6-4-3-5-18(19)23/h3-10,13H,11-12,14H2,1-2H3. The molecular weight excluding hydrogens is 452 g/mol. The Labute approximate surface area is 194 Å². The van der Waals surface area contributed by atoms with Crippen molar-refractivity contribution in [3.8, 4) is 11.5 Å². The van der Waals surface area contributed by atoms with Gasteiger partial charge in [0.15, 0.2) is 11.0 Å². The number of hydrogen-bond donors (Lipinski definition) is 0. The fraction of sp³-hybridized carbons (Fsp3) is 0.227. The van der Waals surface area contributed by atoms with Crippen molar-refractivity contribution in [1.29, 1.82) is 0 Å². The Kier molecular flexibility index (Phi) is 7.11. The molecule has 0 aliphatic heterocycles. The lowest BCUT2D eigenvalue weighted by Crippen LogP contribution is -2.04. The van der Waals surface area contributed by atoms with Crippen LogP contribution >= 0.6 is 34.7 Å². The molecule has 0 N–H and O–H groups in total. The Morgan fingerprint density at radius 1 is 1.03 bits per heavy atom. The molecule has 0 unspecified atom stereocenters. The average Bonchev–Trinajstić information content (AvgIpc) is 3.38. The number of thiazole rings is 1. The van der Waals surface area contributed by atoms with E-state index in [9.17, 15) is 0 Å². The monoisotopic (exact) mass is 472 g/mol. The first-order valence-corrected chi connectivity index (χ1v) is 11.8. The molecule has 4 aromatic rings. The highest BCUT2D eigenvalue weighted by Gasteiger charge is 2.12. The average molecular weight is 473 g/mol. The van der Waals surface area contributed by atoms with Crippen molar-refractivity contribution in [3.63, 3.8) is 0 Å². The maximum atomic E-state index is 6.13. The minimum absolute atomic E-state index is 0.297. The third kappa shape index (κ3) is 5.78. The summed E-state index contributed by atoms with van der Waals surface area (Å²) in [5.41, 5.74) is 2.21. The molecule has 0 bridgehead atoms. The number of benzene rings is 2. The van der Waals surface area contributed by atoms with Crippen molar-refractivity contribution in [2.45, 2.75) is 31.0 Å². The topological polar surface area (TPSA) is 62.1 Å². The van der Waals surface area contributed by atoms with Crippen LogP contribution in [0.15, 0.2) is 59.1 Å². The van der Waals surface area contributed by atoms with Crippen LogP contribution in [-0.2, 0) is 26.0 Å². The number of ether oxygens (including phenoxy) is 2. The van der Waals surface area contributed by atoms with Gasteiger partial charge in [0.25, 0.3) is 0 Å². The third-order valence-electron chi connectivity index (χ3n) is 4.45. The number of para-hydroxylation sites is 1. The zero-order chi connectivity index (χ0) is 21.6. The number of aromatic nitrogens is 4. The first kappa shape index (κ1) is 21.7. The normalized spacial score (nSPS) is 10.9. The van der Waals surface area contributed by atoms with Crippen LogP contribution in [0.2, 0.25) is 5.02 Å². The molecule has 0 aliphatic carbocycles. The predicted molar refractivity (Wildman–Crippen MR) is 124 cm³/mol. The minimum atomic E-state index is 0.297. The fourth-order valence-corrected chi connectivity index (χ4v) is 4.52. The van der Waals surface area contributed by atoms with E-state index in [-0.39, 0.29) is 0 Å². The molecule has 0 fully saturated rings. The maximum Gasteiger partial charge on any atom is 0.191 e. The summed E-state index contributed by atoms with van der Waals surface area (Å²) in [6.45, 7) is 2.82. The predicted octanol–water partition coefficient (Wildman–Crippen LogP) is 5.68. The Morgan fingerprint density at radius 3 is 2.65 bits per heavy atom. The van der Waals surface area contributed by atoms with Crippen LogP contribution < -0.4 is 9.47 Å². The van der Waals surface area contributed by atoms with Crippen molar-refractivity contribution in [1.82, 2.24) is 19.7 Å². The molecule has 2 aromatic heterocycles. The second-order valence-electron chi connectivity index (χ2n) is 6.80. The molecule has 0 saturated heterocycles. The Balaban J connectivity index is 1.28. The summed E-state index contributed by atoms with van der Waals surface area (Å²) in [4.78, 5) is 4.66. The van der Waals surface area contributed by atoms with Gasteiger partial charge in [-0.3, -0.25) is 0 Å². The first-order valence-electron chi connectivity index (χ1n) is 9.59. The largest absolute Gasteiger partial charge is 0.486 e. The third-order valence-corrected chi connectivity index (χ3v) is 6.69. The van der Waals surface area contributed by atoms with Gasteiger partial charge >= 0.3 is 0 Å². The Hall–Kier alpha value is -2.55. The molecule has 31 heavy (non-hydrogen) atoms. The quantitative estimate of drug-likeness (QED) is 0.292. The van der Waals surface area contributed by atoms with Gasteiger partial charge in [0.2, 0.25) is 0 Å². The molecule has 0 radical (unpaired) electrons. The second kappa shape index (κ2) is 10.2. The molecule has 9 heteroatoms. The summed E-state index contributed by atoms with van der Waals surface area (Å²) in [5.74, 6) is 2.91. The summed E-state index contributed by atoms with van der Waals surface area (Å²) in [7, 11) is 1.93. The molecule has 0 atom stereocenters. The maximum absolute atomic E-state index is 6.13. The summed E-state index contributed by atoms with van der Waals surface area (Å²) in [6, 6.07) is 15.4. The van der Waals surface area contributed by atoms with Crippen molar-refractivity contribution in [3.05, 3.63) is 81.0 Å². The molecular formula is C22H21ClN4O2S2. The van der Waals surface area contributed by atoms with Crippen molar-refractivity contribution >= 4 is 34.7 Å². The van der Waals surface area contributed by atoms with Crippen molar-refractivity contribution in [2.75, 3.05) is 0 Å². The molecule has 2 aromatic carbocycles. The summed E-state index contributed by atoms with van der Waals surface area (Å²) in [6.07, 6.45) is 0. The van der Waals surface area contributed by atoms with Gasteiger partial charge in [0, 0.05) is 18.2 Å². The molecule has 0 aliphatic rings. The zero-order valence-electron chi connectivity index (χ0n) is 17.1. The number of rotatable bonds is 9. The van der Waals surface area contributed by atoms with Gasteiger partial charge in [-0.15, -0.1) is 21.5 Å². The van der Waals surface area contributed by atoms with Gasteiger partial charge < -0.3 is 14.0 Å². The number of nitrogens with zero attached hydrogens (tertiary/aromatic N) is 4. The van der Waals surface area contributed by atoms with Gasteiger partial charge in [0.05, 0.1) is 10.7 Å².